The Balaban J connectivity index is 2.09. The molecule has 1 heterocycles. The van der Waals surface area contributed by atoms with Crippen molar-refractivity contribution in [2.24, 2.45) is 0 Å². The highest BCUT2D eigenvalue weighted by molar-refractivity contribution is 6.60. The number of imide groups is 1. The summed E-state index contributed by atoms with van der Waals surface area (Å²) in [5, 5.41) is -0.108. The second kappa shape index (κ2) is 6.84. The van der Waals surface area contributed by atoms with Gasteiger partial charge in [0.05, 0.1) is 25.5 Å². The van der Waals surface area contributed by atoms with E-state index < -0.39 is 11.8 Å². The second-order valence-corrected chi connectivity index (χ2v) is 6.37. The highest BCUT2D eigenvalue weighted by Crippen LogP contribution is 2.39. The maximum absolute atomic E-state index is 13.0. The molecule has 134 valence electrons. The molecule has 2 aromatic rings. The lowest BCUT2D eigenvalue weighted by molar-refractivity contribution is -0.119. The molecule has 3 rings (SSSR count). The number of hydrogen-bond donors (Lipinski definition) is 0. The van der Waals surface area contributed by atoms with Crippen molar-refractivity contribution >= 4 is 34.7 Å². The Bertz CT molecular complexity index is 949. The molecule has 0 bridgehead atoms. The van der Waals surface area contributed by atoms with Crippen LogP contribution in [0.3, 0.4) is 0 Å². The van der Waals surface area contributed by atoms with Crippen molar-refractivity contribution in [3.8, 4) is 11.5 Å². The van der Waals surface area contributed by atoms with Crippen LogP contribution in [0, 0.1) is 13.8 Å². The van der Waals surface area contributed by atoms with Crippen LogP contribution in [0.15, 0.2) is 41.4 Å². The van der Waals surface area contributed by atoms with Gasteiger partial charge in [-0.3, -0.25) is 9.59 Å². The minimum atomic E-state index is -0.532. The van der Waals surface area contributed by atoms with E-state index in [0.717, 1.165) is 16.0 Å². The SMILES string of the molecule is COc1ccc(C2=C(Cl)C(=O)N(c3cc(C)ccc3C)C2=O)cc1OC. The fraction of sp³-hybridized carbons (Fsp3) is 0.200. The lowest BCUT2D eigenvalue weighted by atomic mass is 10.0. The fourth-order valence-electron chi connectivity index (χ4n) is 2.92. The average molecular weight is 372 g/mol. The van der Waals surface area contributed by atoms with Crippen LogP contribution in [0.4, 0.5) is 5.69 Å². The van der Waals surface area contributed by atoms with Crippen molar-refractivity contribution in [2.45, 2.75) is 13.8 Å². The summed E-state index contributed by atoms with van der Waals surface area (Å²) in [4.78, 5) is 26.9. The van der Waals surface area contributed by atoms with Crippen LogP contribution < -0.4 is 14.4 Å². The zero-order valence-corrected chi connectivity index (χ0v) is 15.7. The molecule has 0 saturated carbocycles. The van der Waals surface area contributed by atoms with Crippen LogP contribution in [-0.4, -0.2) is 26.0 Å². The maximum atomic E-state index is 13.0. The van der Waals surface area contributed by atoms with Crippen LogP contribution in [0.2, 0.25) is 0 Å². The Morgan fingerprint density at radius 1 is 0.885 bits per heavy atom. The first-order valence-corrected chi connectivity index (χ1v) is 8.35. The summed E-state index contributed by atoms with van der Waals surface area (Å²) >= 11 is 6.26. The largest absolute Gasteiger partial charge is 0.493 e. The van der Waals surface area contributed by atoms with Gasteiger partial charge in [-0.25, -0.2) is 4.90 Å². The summed E-state index contributed by atoms with van der Waals surface area (Å²) in [7, 11) is 3.03. The van der Waals surface area contributed by atoms with Gasteiger partial charge in [-0.2, -0.15) is 0 Å². The highest BCUT2D eigenvalue weighted by atomic mass is 35.5. The lowest BCUT2D eigenvalue weighted by Crippen LogP contribution is -2.31. The minimum Gasteiger partial charge on any atom is -0.493 e. The molecule has 2 amide bonds. The molecule has 1 aliphatic heterocycles. The molecular formula is C20H18ClNO4. The predicted molar refractivity (Wildman–Crippen MR) is 101 cm³/mol. The lowest BCUT2D eigenvalue weighted by Gasteiger charge is -2.18. The summed E-state index contributed by atoms with van der Waals surface area (Å²) in [6.45, 7) is 3.75. The Morgan fingerprint density at radius 3 is 2.23 bits per heavy atom. The molecule has 1 aliphatic rings. The zero-order chi connectivity index (χ0) is 19.0. The molecule has 0 saturated heterocycles. The molecule has 2 aromatic carbocycles. The van der Waals surface area contributed by atoms with Crippen LogP contribution >= 0.6 is 11.6 Å². The number of carbonyl (C=O) groups excluding carboxylic acids is 2. The van der Waals surface area contributed by atoms with Gasteiger partial charge in [0.25, 0.3) is 11.8 Å². The minimum absolute atomic E-state index is 0.108. The number of rotatable bonds is 4. The number of halogens is 1. The van der Waals surface area contributed by atoms with Crippen molar-refractivity contribution in [1.29, 1.82) is 0 Å². The number of methoxy groups -OCH3 is 2. The maximum Gasteiger partial charge on any atom is 0.277 e. The number of carbonyl (C=O) groups is 2. The molecule has 0 aliphatic carbocycles. The number of amides is 2. The van der Waals surface area contributed by atoms with E-state index in [1.165, 1.54) is 14.2 Å². The van der Waals surface area contributed by atoms with Crippen molar-refractivity contribution in [3.63, 3.8) is 0 Å². The van der Waals surface area contributed by atoms with Gasteiger partial charge in [0.15, 0.2) is 11.5 Å². The van der Waals surface area contributed by atoms with Crippen molar-refractivity contribution in [3.05, 3.63) is 58.1 Å². The van der Waals surface area contributed by atoms with Crippen molar-refractivity contribution in [1.82, 2.24) is 0 Å². The van der Waals surface area contributed by atoms with E-state index >= 15 is 0 Å². The van der Waals surface area contributed by atoms with E-state index in [9.17, 15) is 9.59 Å². The summed E-state index contributed by atoms with van der Waals surface area (Å²) in [5.74, 6) is -0.0143. The molecule has 0 spiro atoms. The third-order valence-corrected chi connectivity index (χ3v) is 4.66. The van der Waals surface area contributed by atoms with Crippen molar-refractivity contribution < 1.29 is 19.1 Å². The first-order chi connectivity index (χ1) is 12.4. The van der Waals surface area contributed by atoms with E-state index in [0.29, 0.717) is 22.7 Å². The van der Waals surface area contributed by atoms with Gasteiger partial charge in [-0.15, -0.1) is 0 Å². The number of nitrogens with zero attached hydrogens (tertiary/aromatic N) is 1. The van der Waals surface area contributed by atoms with Crippen LogP contribution in [-0.2, 0) is 9.59 Å². The van der Waals surface area contributed by atoms with Gasteiger partial charge in [-0.05, 0) is 48.7 Å². The highest BCUT2D eigenvalue weighted by Gasteiger charge is 2.40. The first kappa shape index (κ1) is 18.0. The third kappa shape index (κ3) is 2.84. The predicted octanol–water partition coefficient (Wildman–Crippen LogP) is 3.84. The first-order valence-electron chi connectivity index (χ1n) is 7.97. The second-order valence-electron chi connectivity index (χ2n) is 5.99. The van der Waals surface area contributed by atoms with E-state index in [4.69, 9.17) is 21.1 Å². The Hall–Kier alpha value is -2.79. The molecular weight excluding hydrogens is 354 g/mol. The molecule has 0 fully saturated rings. The monoisotopic (exact) mass is 371 g/mol. The number of ether oxygens (including phenoxy) is 2. The molecule has 5 nitrogen and oxygen atoms in total. The quantitative estimate of drug-likeness (QED) is 0.766. The molecule has 0 radical (unpaired) electrons. The summed E-state index contributed by atoms with van der Waals surface area (Å²) in [6, 6.07) is 10.6. The summed E-state index contributed by atoms with van der Waals surface area (Å²) < 4.78 is 10.5. The number of benzene rings is 2. The Morgan fingerprint density at radius 2 is 1.58 bits per heavy atom. The van der Waals surface area contributed by atoms with Crippen LogP contribution in [0.5, 0.6) is 11.5 Å². The van der Waals surface area contributed by atoms with E-state index in [1.807, 2.05) is 26.0 Å². The molecule has 0 unspecified atom stereocenters. The topological polar surface area (TPSA) is 55.8 Å². The Kier molecular flexibility index (Phi) is 4.74. The number of hydrogen-bond acceptors (Lipinski definition) is 4. The third-order valence-electron chi connectivity index (χ3n) is 4.31. The van der Waals surface area contributed by atoms with Crippen LogP contribution in [0.1, 0.15) is 16.7 Å². The van der Waals surface area contributed by atoms with Crippen molar-refractivity contribution in [2.75, 3.05) is 19.1 Å². The molecule has 0 N–H and O–H groups in total. The van der Waals surface area contributed by atoms with Gasteiger partial charge in [0, 0.05) is 0 Å². The smallest absolute Gasteiger partial charge is 0.277 e. The Labute approximate surface area is 156 Å². The number of aryl methyl sites for hydroxylation is 2. The summed E-state index contributed by atoms with van der Waals surface area (Å²) in [6.07, 6.45) is 0. The standard InChI is InChI=1S/C20H18ClNO4/c1-11-5-6-12(2)14(9-11)22-19(23)17(18(21)20(22)24)13-7-8-15(25-3)16(10-13)26-4/h5-10H,1-4H3. The van der Waals surface area contributed by atoms with E-state index in [1.54, 1.807) is 24.3 Å². The summed E-state index contributed by atoms with van der Waals surface area (Å²) in [5.41, 5.74) is 2.95. The van der Waals surface area contributed by atoms with Gasteiger partial charge in [-0.1, -0.05) is 29.8 Å². The van der Waals surface area contributed by atoms with Gasteiger partial charge < -0.3 is 9.47 Å². The number of anilines is 1. The van der Waals surface area contributed by atoms with Gasteiger partial charge >= 0.3 is 0 Å². The zero-order valence-electron chi connectivity index (χ0n) is 14.9. The fourth-order valence-corrected chi connectivity index (χ4v) is 3.20. The van der Waals surface area contributed by atoms with E-state index in [2.05, 4.69) is 0 Å². The molecule has 6 heteroatoms. The van der Waals surface area contributed by atoms with Crippen LogP contribution in [0.25, 0.3) is 5.57 Å². The molecule has 0 atom stereocenters. The normalized spacial score (nSPS) is 14.3. The van der Waals surface area contributed by atoms with Gasteiger partial charge in [0.2, 0.25) is 0 Å². The average Bonchev–Trinajstić information content (AvgIpc) is 2.85. The molecule has 0 aromatic heterocycles. The van der Waals surface area contributed by atoms with Gasteiger partial charge in [0.1, 0.15) is 5.03 Å². The molecule has 26 heavy (non-hydrogen) atoms. The van der Waals surface area contributed by atoms with E-state index in [-0.39, 0.29) is 10.6 Å².